The summed E-state index contributed by atoms with van der Waals surface area (Å²) >= 11 is 0. The zero-order valence-electron chi connectivity index (χ0n) is 7.04. The van der Waals surface area contributed by atoms with Crippen LogP contribution in [0.3, 0.4) is 0 Å². The van der Waals surface area contributed by atoms with E-state index >= 15 is 0 Å². The van der Waals surface area contributed by atoms with Crippen LogP contribution < -0.4 is 0 Å². The van der Waals surface area contributed by atoms with E-state index in [1.54, 1.807) is 0 Å². The molecule has 1 aromatic heterocycles. The molecule has 0 aromatic carbocycles. The standard InChI is InChI=1S/C10H13N/c1-3-4-7-10-8-5-6-9(2)11-10/h4-8H,3H2,1-2H3/b7-4-. The van der Waals surface area contributed by atoms with Crippen molar-refractivity contribution >= 4 is 6.08 Å². The highest BCUT2D eigenvalue weighted by molar-refractivity contribution is 5.44. The Hall–Kier alpha value is -1.11. The molecule has 0 aliphatic heterocycles. The van der Waals surface area contributed by atoms with E-state index in [2.05, 4.69) is 18.0 Å². The van der Waals surface area contributed by atoms with E-state index in [1.807, 2.05) is 31.2 Å². The van der Waals surface area contributed by atoms with Crippen molar-refractivity contribution in [1.29, 1.82) is 0 Å². The van der Waals surface area contributed by atoms with Crippen LogP contribution in [0, 0.1) is 6.92 Å². The Labute approximate surface area is 67.8 Å². The minimum atomic E-state index is 1.05. The molecular weight excluding hydrogens is 134 g/mol. The third-order valence-electron chi connectivity index (χ3n) is 1.43. The van der Waals surface area contributed by atoms with Crippen molar-refractivity contribution in [3.05, 3.63) is 35.7 Å². The van der Waals surface area contributed by atoms with E-state index < -0.39 is 0 Å². The van der Waals surface area contributed by atoms with E-state index in [9.17, 15) is 0 Å². The van der Waals surface area contributed by atoms with Crippen molar-refractivity contribution in [2.45, 2.75) is 20.3 Å². The number of rotatable bonds is 2. The number of allylic oxidation sites excluding steroid dienone is 1. The van der Waals surface area contributed by atoms with Crippen LogP contribution >= 0.6 is 0 Å². The molecule has 0 saturated heterocycles. The summed E-state index contributed by atoms with van der Waals surface area (Å²) < 4.78 is 0. The van der Waals surface area contributed by atoms with Gasteiger partial charge < -0.3 is 0 Å². The third-order valence-corrected chi connectivity index (χ3v) is 1.43. The van der Waals surface area contributed by atoms with Crippen molar-refractivity contribution in [1.82, 2.24) is 4.98 Å². The van der Waals surface area contributed by atoms with Gasteiger partial charge >= 0.3 is 0 Å². The Morgan fingerprint density at radius 2 is 2.27 bits per heavy atom. The molecule has 0 aliphatic rings. The summed E-state index contributed by atoms with van der Waals surface area (Å²) in [5.74, 6) is 0. The minimum absolute atomic E-state index is 1.05. The summed E-state index contributed by atoms with van der Waals surface area (Å²) in [6, 6.07) is 6.04. The maximum absolute atomic E-state index is 4.32. The molecule has 0 bridgehead atoms. The van der Waals surface area contributed by atoms with Crippen molar-refractivity contribution < 1.29 is 0 Å². The minimum Gasteiger partial charge on any atom is -0.254 e. The van der Waals surface area contributed by atoms with Gasteiger partial charge in [-0.1, -0.05) is 19.1 Å². The molecule has 0 spiro atoms. The molecule has 1 heterocycles. The van der Waals surface area contributed by atoms with E-state index in [0.29, 0.717) is 0 Å². The maximum atomic E-state index is 4.32. The van der Waals surface area contributed by atoms with E-state index in [4.69, 9.17) is 0 Å². The summed E-state index contributed by atoms with van der Waals surface area (Å²) in [6.07, 6.45) is 5.23. The topological polar surface area (TPSA) is 12.9 Å². The summed E-state index contributed by atoms with van der Waals surface area (Å²) in [7, 11) is 0. The Kier molecular flexibility index (Phi) is 2.84. The van der Waals surface area contributed by atoms with Gasteiger partial charge in [0.25, 0.3) is 0 Å². The van der Waals surface area contributed by atoms with Gasteiger partial charge in [0, 0.05) is 5.69 Å². The Balaban J connectivity index is 2.79. The van der Waals surface area contributed by atoms with Gasteiger partial charge in [0.15, 0.2) is 0 Å². The van der Waals surface area contributed by atoms with Crippen molar-refractivity contribution in [3.8, 4) is 0 Å². The van der Waals surface area contributed by atoms with Crippen molar-refractivity contribution in [3.63, 3.8) is 0 Å². The lowest BCUT2D eigenvalue weighted by molar-refractivity contribution is 1.17. The molecule has 0 amide bonds. The van der Waals surface area contributed by atoms with Gasteiger partial charge in [0.2, 0.25) is 0 Å². The molecule has 1 aromatic rings. The van der Waals surface area contributed by atoms with E-state index in [1.165, 1.54) is 0 Å². The Morgan fingerprint density at radius 3 is 2.91 bits per heavy atom. The zero-order chi connectivity index (χ0) is 8.10. The first kappa shape index (κ1) is 7.99. The summed E-state index contributed by atoms with van der Waals surface area (Å²) in [6.45, 7) is 4.12. The molecule has 0 atom stereocenters. The smallest absolute Gasteiger partial charge is 0.0629 e. The molecule has 0 fully saturated rings. The van der Waals surface area contributed by atoms with Crippen LogP contribution in [0.25, 0.3) is 6.08 Å². The number of aromatic nitrogens is 1. The monoisotopic (exact) mass is 147 g/mol. The van der Waals surface area contributed by atoms with Crippen molar-refractivity contribution in [2.75, 3.05) is 0 Å². The van der Waals surface area contributed by atoms with Gasteiger partial charge in [0.1, 0.15) is 0 Å². The number of nitrogens with zero attached hydrogens (tertiary/aromatic N) is 1. The quantitative estimate of drug-likeness (QED) is 0.626. The second-order valence-corrected chi connectivity index (χ2v) is 2.51. The molecule has 58 valence electrons. The first-order valence-electron chi connectivity index (χ1n) is 3.93. The van der Waals surface area contributed by atoms with Crippen LogP contribution in [0.2, 0.25) is 0 Å². The Bertz CT molecular complexity index is 251. The molecule has 1 heteroatoms. The molecule has 0 N–H and O–H groups in total. The van der Waals surface area contributed by atoms with Crippen LogP contribution in [-0.4, -0.2) is 4.98 Å². The van der Waals surface area contributed by atoms with E-state index in [0.717, 1.165) is 17.8 Å². The fourth-order valence-corrected chi connectivity index (χ4v) is 0.896. The van der Waals surface area contributed by atoms with Gasteiger partial charge in [-0.15, -0.1) is 0 Å². The lowest BCUT2D eigenvalue weighted by Gasteiger charge is -1.93. The predicted octanol–water partition coefficient (Wildman–Crippen LogP) is 2.81. The summed E-state index contributed by atoms with van der Waals surface area (Å²) in [5.41, 5.74) is 2.12. The maximum Gasteiger partial charge on any atom is 0.0629 e. The Morgan fingerprint density at radius 1 is 1.45 bits per heavy atom. The lowest BCUT2D eigenvalue weighted by atomic mass is 10.3. The third kappa shape index (κ3) is 2.54. The molecule has 1 rings (SSSR count). The van der Waals surface area contributed by atoms with Crippen LogP contribution in [0.5, 0.6) is 0 Å². The van der Waals surface area contributed by atoms with Gasteiger partial charge in [0.05, 0.1) is 5.69 Å². The van der Waals surface area contributed by atoms with Crippen LogP contribution in [0.15, 0.2) is 24.3 Å². The molecule has 0 unspecified atom stereocenters. The first-order chi connectivity index (χ1) is 5.33. The van der Waals surface area contributed by atoms with Crippen molar-refractivity contribution in [2.24, 2.45) is 0 Å². The van der Waals surface area contributed by atoms with Crippen LogP contribution in [0.1, 0.15) is 24.7 Å². The van der Waals surface area contributed by atoms with Gasteiger partial charge in [-0.2, -0.15) is 0 Å². The first-order valence-corrected chi connectivity index (χ1v) is 3.93. The average molecular weight is 147 g/mol. The van der Waals surface area contributed by atoms with E-state index in [-0.39, 0.29) is 0 Å². The SMILES string of the molecule is CC/C=C\c1cccc(C)n1. The highest BCUT2D eigenvalue weighted by atomic mass is 14.7. The van der Waals surface area contributed by atoms with Gasteiger partial charge in [-0.25, -0.2) is 0 Å². The van der Waals surface area contributed by atoms with Crippen LogP contribution in [0.4, 0.5) is 0 Å². The molecule has 0 radical (unpaired) electrons. The highest BCUT2D eigenvalue weighted by Gasteiger charge is 1.86. The number of pyridine rings is 1. The largest absolute Gasteiger partial charge is 0.254 e. The fourth-order valence-electron chi connectivity index (χ4n) is 0.896. The number of aryl methyl sites for hydroxylation is 1. The number of hydrogen-bond donors (Lipinski definition) is 0. The normalized spacial score (nSPS) is 10.7. The van der Waals surface area contributed by atoms with Crippen LogP contribution in [-0.2, 0) is 0 Å². The molecular formula is C10H13N. The average Bonchev–Trinajstić information content (AvgIpc) is 2.01. The summed E-state index contributed by atoms with van der Waals surface area (Å²) in [5, 5.41) is 0. The summed E-state index contributed by atoms with van der Waals surface area (Å²) in [4.78, 5) is 4.32. The number of hydrogen-bond acceptors (Lipinski definition) is 1. The molecule has 1 nitrogen and oxygen atoms in total. The second kappa shape index (κ2) is 3.91. The fraction of sp³-hybridized carbons (Fsp3) is 0.300. The van der Waals surface area contributed by atoms with Gasteiger partial charge in [-0.3, -0.25) is 4.98 Å². The predicted molar refractivity (Wildman–Crippen MR) is 48.3 cm³/mol. The lowest BCUT2D eigenvalue weighted by Crippen LogP contribution is -1.82. The molecule has 0 aliphatic carbocycles. The highest BCUT2D eigenvalue weighted by Crippen LogP contribution is 2.00. The van der Waals surface area contributed by atoms with Gasteiger partial charge in [-0.05, 0) is 31.6 Å². The second-order valence-electron chi connectivity index (χ2n) is 2.51. The zero-order valence-corrected chi connectivity index (χ0v) is 7.04. The molecule has 0 saturated carbocycles. The molecule has 11 heavy (non-hydrogen) atoms.